The number of carbonyl (C=O) groups is 1. The number of hydrogen-bond donors (Lipinski definition) is 0. The molecule has 2 aromatic heterocycles. The lowest BCUT2D eigenvalue weighted by Gasteiger charge is -2.15. The van der Waals surface area contributed by atoms with Gasteiger partial charge in [0.15, 0.2) is 0 Å². The summed E-state index contributed by atoms with van der Waals surface area (Å²) in [5, 5.41) is 5.18. The van der Waals surface area contributed by atoms with E-state index in [-0.39, 0.29) is 5.91 Å². The van der Waals surface area contributed by atoms with Gasteiger partial charge in [0.2, 0.25) is 0 Å². The van der Waals surface area contributed by atoms with Gasteiger partial charge in [-0.3, -0.25) is 4.79 Å². The van der Waals surface area contributed by atoms with E-state index in [9.17, 15) is 4.79 Å². The van der Waals surface area contributed by atoms with Gasteiger partial charge in [0, 0.05) is 38.1 Å². The van der Waals surface area contributed by atoms with Crippen LogP contribution < -0.4 is 0 Å². The SMILES string of the molecule is Cc1nc(CC(C)C)sc1C(=O)N(C)CCCc1cc(-c2ccccc2)no1. The Labute approximate surface area is 170 Å². The van der Waals surface area contributed by atoms with Gasteiger partial charge in [-0.25, -0.2) is 4.98 Å². The van der Waals surface area contributed by atoms with Crippen molar-refractivity contribution in [3.05, 3.63) is 57.7 Å². The maximum Gasteiger partial charge on any atom is 0.265 e. The number of rotatable bonds is 8. The highest BCUT2D eigenvalue weighted by Gasteiger charge is 2.19. The summed E-state index contributed by atoms with van der Waals surface area (Å²) in [4.78, 5) is 19.8. The third kappa shape index (κ3) is 5.07. The van der Waals surface area contributed by atoms with Gasteiger partial charge in [0.05, 0.1) is 10.7 Å². The van der Waals surface area contributed by atoms with Crippen LogP contribution in [0.15, 0.2) is 40.9 Å². The minimum Gasteiger partial charge on any atom is -0.361 e. The van der Waals surface area contributed by atoms with Gasteiger partial charge in [-0.2, -0.15) is 0 Å². The van der Waals surface area contributed by atoms with Crippen molar-refractivity contribution < 1.29 is 9.32 Å². The second-order valence-electron chi connectivity index (χ2n) is 7.49. The molecule has 0 aliphatic carbocycles. The van der Waals surface area contributed by atoms with E-state index in [0.29, 0.717) is 12.5 Å². The van der Waals surface area contributed by atoms with E-state index in [1.807, 2.05) is 50.4 Å². The molecule has 6 heteroatoms. The van der Waals surface area contributed by atoms with Crippen LogP contribution in [0.25, 0.3) is 11.3 Å². The number of aromatic nitrogens is 2. The average Bonchev–Trinajstić information content (AvgIpc) is 3.28. The summed E-state index contributed by atoms with van der Waals surface area (Å²) in [5.41, 5.74) is 2.72. The van der Waals surface area contributed by atoms with Gasteiger partial charge in [-0.05, 0) is 19.3 Å². The Bertz CT molecular complexity index is 915. The lowest BCUT2D eigenvalue weighted by Crippen LogP contribution is -2.27. The molecule has 5 nitrogen and oxygen atoms in total. The third-order valence-corrected chi connectivity index (χ3v) is 5.68. The van der Waals surface area contributed by atoms with Crippen molar-refractivity contribution in [2.45, 2.75) is 40.0 Å². The van der Waals surface area contributed by atoms with Crippen molar-refractivity contribution in [2.24, 2.45) is 5.92 Å². The van der Waals surface area contributed by atoms with Crippen LogP contribution in [0.3, 0.4) is 0 Å². The molecule has 28 heavy (non-hydrogen) atoms. The van der Waals surface area contributed by atoms with Crippen molar-refractivity contribution >= 4 is 17.2 Å². The second kappa shape index (κ2) is 9.15. The van der Waals surface area contributed by atoms with Crippen molar-refractivity contribution in [1.29, 1.82) is 0 Å². The van der Waals surface area contributed by atoms with Crippen LogP contribution in [0.5, 0.6) is 0 Å². The van der Waals surface area contributed by atoms with E-state index < -0.39 is 0 Å². The molecule has 0 saturated heterocycles. The normalized spacial score (nSPS) is 11.2. The Morgan fingerprint density at radius 1 is 1.25 bits per heavy atom. The van der Waals surface area contributed by atoms with Crippen LogP contribution in [-0.4, -0.2) is 34.5 Å². The monoisotopic (exact) mass is 397 g/mol. The van der Waals surface area contributed by atoms with Crippen molar-refractivity contribution in [2.75, 3.05) is 13.6 Å². The fourth-order valence-electron chi connectivity index (χ4n) is 3.03. The molecule has 0 aliphatic rings. The van der Waals surface area contributed by atoms with E-state index in [0.717, 1.165) is 51.9 Å². The predicted molar refractivity (Wildman–Crippen MR) is 113 cm³/mol. The molecule has 0 spiro atoms. The Balaban J connectivity index is 1.53. The smallest absolute Gasteiger partial charge is 0.265 e. The number of nitrogens with zero attached hydrogens (tertiary/aromatic N) is 3. The molecule has 0 unspecified atom stereocenters. The van der Waals surface area contributed by atoms with Crippen molar-refractivity contribution in [3.8, 4) is 11.3 Å². The topological polar surface area (TPSA) is 59.2 Å². The molecule has 0 radical (unpaired) electrons. The molecule has 3 aromatic rings. The fourth-order valence-corrected chi connectivity index (χ4v) is 4.30. The summed E-state index contributed by atoms with van der Waals surface area (Å²) < 4.78 is 5.44. The number of benzene rings is 1. The predicted octanol–water partition coefficient (Wildman–Crippen LogP) is 5.01. The first-order chi connectivity index (χ1) is 13.4. The van der Waals surface area contributed by atoms with Crippen LogP contribution in [-0.2, 0) is 12.8 Å². The first kappa shape index (κ1) is 20.3. The summed E-state index contributed by atoms with van der Waals surface area (Å²) in [6.45, 7) is 6.91. The van der Waals surface area contributed by atoms with E-state index in [1.54, 1.807) is 4.90 Å². The summed E-state index contributed by atoms with van der Waals surface area (Å²) in [5.74, 6) is 1.43. The zero-order chi connectivity index (χ0) is 20.1. The van der Waals surface area contributed by atoms with Gasteiger partial charge >= 0.3 is 0 Å². The van der Waals surface area contributed by atoms with Crippen LogP contribution in [0.1, 0.15) is 46.4 Å². The summed E-state index contributed by atoms with van der Waals surface area (Å²) in [6.07, 6.45) is 2.48. The number of aryl methyl sites for hydroxylation is 2. The van der Waals surface area contributed by atoms with Gasteiger partial charge in [-0.1, -0.05) is 49.3 Å². The molecular weight excluding hydrogens is 370 g/mol. The Hall–Kier alpha value is -2.47. The third-order valence-electron chi connectivity index (χ3n) is 4.51. The maximum absolute atomic E-state index is 12.8. The molecule has 0 aliphatic heterocycles. The fraction of sp³-hybridized carbons (Fsp3) is 0.409. The van der Waals surface area contributed by atoms with Crippen LogP contribution >= 0.6 is 11.3 Å². The van der Waals surface area contributed by atoms with Gasteiger partial charge < -0.3 is 9.42 Å². The lowest BCUT2D eigenvalue weighted by atomic mass is 10.1. The molecule has 3 rings (SSSR count). The van der Waals surface area contributed by atoms with Crippen molar-refractivity contribution in [3.63, 3.8) is 0 Å². The van der Waals surface area contributed by atoms with Gasteiger partial charge in [0.1, 0.15) is 16.3 Å². The number of carbonyl (C=O) groups excluding carboxylic acids is 1. The quantitative estimate of drug-likeness (QED) is 0.536. The molecule has 0 N–H and O–H groups in total. The number of hydrogen-bond acceptors (Lipinski definition) is 5. The molecule has 0 saturated carbocycles. The molecular formula is C22H27N3O2S. The zero-order valence-electron chi connectivity index (χ0n) is 16.9. The average molecular weight is 398 g/mol. The number of thiazole rings is 1. The highest BCUT2D eigenvalue weighted by atomic mass is 32.1. The van der Waals surface area contributed by atoms with E-state index >= 15 is 0 Å². The van der Waals surface area contributed by atoms with Crippen LogP contribution in [0, 0.1) is 12.8 Å². The molecule has 0 fully saturated rings. The molecule has 0 atom stereocenters. The lowest BCUT2D eigenvalue weighted by molar-refractivity contribution is 0.0796. The molecule has 2 heterocycles. The Kier molecular flexibility index (Phi) is 6.62. The van der Waals surface area contributed by atoms with E-state index in [1.165, 1.54) is 11.3 Å². The van der Waals surface area contributed by atoms with Crippen molar-refractivity contribution in [1.82, 2.24) is 15.0 Å². The van der Waals surface area contributed by atoms with E-state index in [2.05, 4.69) is 24.0 Å². The summed E-state index contributed by atoms with van der Waals surface area (Å²) in [7, 11) is 1.85. The maximum atomic E-state index is 12.8. The number of amides is 1. The Morgan fingerprint density at radius 3 is 2.71 bits per heavy atom. The molecule has 148 valence electrons. The molecule has 0 bridgehead atoms. The van der Waals surface area contributed by atoms with Crippen LogP contribution in [0.4, 0.5) is 0 Å². The second-order valence-corrected chi connectivity index (χ2v) is 8.58. The van der Waals surface area contributed by atoms with Gasteiger partial charge in [0.25, 0.3) is 5.91 Å². The standard InChI is InChI=1S/C22H27N3O2S/c1-15(2)13-20-23-16(3)21(28-20)22(26)25(4)12-8-11-18-14-19(24-27-18)17-9-6-5-7-10-17/h5-7,9-10,14-15H,8,11-13H2,1-4H3. The zero-order valence-corrected chi connectivity index (χ0v) is 17.8. The first-order valence-corrected chi connectivity index (χ1v) is 10.5. The largest absolute Gasteiger partial charge is 0.361 e. The minimum atomic E-state index is 0.0487. The first-order valence-electron chi connectivity index (χ1n) is 9.67. The molecule has 1 aromatic carbocycles. The van der Waals surface area contributed by atoms with Crippen LogP contribution in [0.2, 0.25) is 0 Å². The summed E-state index contributed by atoms with van der Waals surface area (Å²) in [6, 6.07) is 11.9. The Morgan fingerprint density at radius 2 is 2.00 bits per heavy atom. The highest BCUT2D eigenvalue weighted by Crippen LogP contribution is 2.23. The highest BCUT2D eigenvalue weighted by molar-refractivity contribution is 7.13. The summed E-state index contributed by atoms with van der Waals surface area (Å²) >= 11 is 1.52. The van der Waals surface area contributed by atoms with E-state index in [4.69, 9.17) is 4.52 Å². The van der Waals surface area contributed by atoms with Gasteiger partial charge in [-0.15, -0.1) is 11.3 Å². The molecule has 1 amide bonds. The minimum absolute atomic E-state index is 0.0487.